The zero-order valence-corrected chi connectivity index (χ0v) is 15.4. The molecule has 1 heterocycles. The number of nitrogens with one attached hydrogen (secondary N) is 3. The summed E-state index contributed by atoms with van der Waals surface area (Å²) in [5, 5.41) is 17.2. The van der Waals surface area contributed by atoms with Gasteiger partial charge >= 0.3 is 6.03 Å². The third-order valence-corrected chi connectivity index (χ3v) is 4.40. The standard InChI is InChI=1S/C17H23N5O2S/c1-4-5-10-18-16(24)19-12(3)14(23)20-17-22-21-15(25-17)13-8-6-11(2)7-9-13/h6-9,12H,4-5,10H2,1-3H3,(H2,18,19,24)(H,20,22,23). The largest absolute Gasteiger partial charge is 0.338 e. The Morgan fingerprint density at radius 2 is 1.92 bits per heavy atom. The number of benzene rings is 1. The first-order valence-electron chi connectivity index (χ1n) is 8.25. The van der Waals surface area contributed by atoms with E-state index in [2.05, 4.69) is 26.1 Å². The van der Waals surface area contributed by atoms with Crippen LogP contribution in [0.4, 0.5) is 9.93 Å². The second-order valence-electron chi connectivity index (χ2n) is 5.74. The van der Waals surface area contributed by atoms with Crippen molar-refractivity contribution >= 4 is 28.4 Å². The van der Waals surface area contributed by atoms with Gasteiger partial charge in [-0.2, -0.15) is 0 Å². The highest BCUT2D eigenvalue weighted by atomic mass is 32.1. The summed E-state index contributed by atoms with van der Waals surface area (Å²) in [6, 6.07) is 6.90. The van der Waals surface area contributed by atoms with Gasteiger partial charge in [0.15, 0.2) is 0 Å². The van der Waals surface area contributed by atoms with Gasteiger partial charge in [-0.3, -0.25) is 10.1 Å². The molecule has 3 N–H and O–H groups in total. The summed E-state index contributed by atoms with van der Waals surface area (Å²) in [6.07, 6.45) is 1.90. The Morgan fingerprint density at radius 3 is 2.60 bits per heavy atom. The summed E-state index contributed by atoms with van der Waals surface area (Å²) in [7, 11) is 0. The fourth-order valence-corrected chi connectivity index (χ4v) is 2.74. The van der Waals surface area contributed by atoms with Crippen molar-refractivity contribution in [3.63, 3.8) is 0 Å². The van der Waals surface area contributed by atoms with E-state index < -0.39 is 6.04 Å². The van der Waals surface area contributed by atoms with Crippen molar-refractivity contribution in [2.24, 2.45) is 0 Å². The number of nitrogens with zero attached hydrogens (tertiary/aromatic N) is 2. The number of amides is 3. The first-order chi connectivity index (χ1) is 12.0. The van der Waals surface area contributed by atoms with Gasteiger partial charge in [-0.05, 0) is 20.3 Å². The molecule has 25 heavy (non-hydrogen) atoms. The summed E-state index contributed by atoms with van der Waals surface area (Å²) in [5.41, 5.74) is 2.11. The van der Waals surface area contributed by atoms with Crippen LogP contribution in [-0.2, 0) is 4.79 Å². The lowest BCUT2D eigenvalue weighted by Gasteiger charge is -2.13. The Kier molecular flexibility index (Phi) is 6.88. The predicted molar refractivity (Wildman–Crippen MR) is 99.6 cm³/mol. The molecule has 2 rings (SSSR count). The lowest BCUT2D eigenvalue weighted by Crippen LogP contribution is -2.46. The number of hydrogen-bond donors (Lipinski definition) is 3. The second-order valence-corrected chi connectivity index (χ2v) is 6.72. The Balaban J connectivity index is 1.88. The van der Waals surface area contributed by atoms with Crippen LogP contribution in [0.15, 0.2) is 24.3 Å². The summed E-state index contributed by atoms with van der Waals surface area (Å²) in [6.45, 7) is 6.27. The normalized spacial score (nSPS) is 11.6. The van der Waals surface area contributed by atoms with E-state index in [1.807, 2.05) is 38.1 Å². The SMILES string of the molecule is CCCCNC(=O)NC(C)C(=O)Nc1nnc(-c2ccc(C)cc2)s1. The summed E-state index contributed by atoms with van der Waals surface area (Å²) < 4.78 is 0. The molecule has 7 nitrogen and oxygen atoms in total. The molecule has 1 unspecified atom stereocenters. The molecule has 0 bridgehead atoms. The van der Waals surface area contributed by atoms with Gasteiger partial charge in [-0.15, -0.1) is 10.2 Å². The van der Waals surface area contributed by atoms with E-state index in [1.165, 1.54) is 16.9 Å². The number of hydrogen-bond acceptors (Lipinski definition) is 5. The molecule has 1 aromatic carbocycles. The number of aromatic nitrogens is 2. The van der Waals surface area contributed by atoms with Gasteiger partial charge in [-0.25, -0.2) is 4.79 Å². The van der Waals surface area contributed by atoms with E-state index in [1.54, 1.807) is 6.92 Å². The molecule has 1 aromatic heterocycles. The third-order valence-electron chi connectivity index (χ3n) is 3.51. The molecular weight excluding hydrogens is 338 g/mol. The summed E-state index contributed by atoms with van der Waals surface area (Å²) >= 11 is 1.29. The maximum Gasteiger partial charge on any atom is 0.315 e. The minimum atomic E-state index is -0.673. The topological polar surface area (TPSA) is 96.0 Å². The molecule has 0 aliphatic carbocycles. The lowest BCUT2D eigenvalue weighted by molar-refractivity contribution is -0.117. The molecule has 1 atom stereocenters. The second kappa shape index (κ2) is 9.12. The molecule has 0 saturated heterocycles. The monoisotopic (exact) mass is 361 g/mol. The summed E-state index contributed by atoms with van der Waals surface area (Å²) in [4.78, 5) is 23.8. The van der Waals surface area contributed by atoms with Crippen molar-refractivity contribution in [3.05, 3.63) is 29.8 Å². The van der Waals surface area contributed by atoms with Crippen LogP contribution in [0.25, 0.3) is 10.6 Å². The van der Waals surface area contributed by atoms with Gasteiger partial charge in [0.05, 0.1) is 0 Å². The number of aryl methyl sites for hydroxylation is 1. The maximum absolute atomic E-state index is 12.2. The van der Waals surface area contributed by atoms with Crippen molar-refractivity contribution in [1.82, 2.24) is 20.8 Å². The Labute approximate surface area is 151 Å². The molecule has 8 heteroatoms. The van der Waals surface area contributed by atoms with Crippen LogP contribution in [-0.4, -0.2) is 34.7 Å². The molecule has 0 fully saturated rings. The van der Waals surface area contributed by atoms with Crippen LogP contribution in [0.2, 0.25) is 0 Å². The Hall–Kier alpha value is -2.48. The van der Waals surface area contributed by atoms with Crippen LogP contribution in [0, 0.1) is 6.92 Å². The van der Waals surface area contributed by atoms with Crippen molar-refractivity contribution in [3.8, 4) is 10.6 Å². The highest BCUT2D eigenvalue weighted by molar-refractivity contribution is 7.18. The van der Waals surface area contributed by atoms with Crippen LogP contribution < -0.4 is 16.0 Å². The number of carbonyl (C=O) groups excluding carboxylic acids is 2. The zero-order chi connectivity index (χ0) is 18.2. The minimum absolute atomic E-state index is 0.336. The number of anilines is 1. The first-order valence-corrected chi connectivity index (χ1v) is 9.07. The van der Waals surface area contributed by atoms with Crippen LogP contribution in [0.5, 0.6) is 0 Å². The van der Waals surface area contributed by atoms with E-state index in [0.717, 1.165) is 23.4 Å². The number of unbranched alkanes of at least 4 members (excludes halogenated alkanes) is 1. The average Bonchev–Trinajstić information content (AvgIpc) is 3.04. The Morgan fingerprint density at radius 1 is 1.20 bits per heavy atom. The van der Waals surface area contributed by atoms with Gasteiger partial charge in [0.1, 0.15) is 11.0 Å². The molecule has 134 valence electrons. The van der Waals surface area contributed by atoms with E-state index in [0.29, 0.717) is 11.7 Å². The number of carbonyl (C=O) groups is 2. The van der Waals surface area contributed by atoms with E-state index in [-0.39, 0.29) is 11.9 Å². The third kappa shape index (κ3) is 5.82. The van der Waals surface area contributed by atoms with Crippen LogP contribution in [0.1, 0.15) is 32.3 Å². The smallest absolute Gasteiger partial charge is 0.315 e. The van der Waals surface area contributed by atoms with E-state index >= 15 is 0 Å². The van der Waals surface area contributed by atoms with Crippen molar-refractivity contribution in [1.29, 1.82) is 0 Å². The molecule has 0 aliphatic heterocycles. The van der Waals surface area contributed by atoms with Gasteiger partial charge in [0.25, 0.3) is 0 Å². The van der Waals surface area contributed by atoms with Crippen molar-refractivity contribution in [2.45, 2.75) is 39.7 Å². The fourth-order valence-electron chi connectivity index (χ4n) is 1.99. The van der Waals surface area contributed by atoms with E-state index in [4.69, 9.17) is 0 Å². The Bertz CT molecular complexity index is 714. The minimum Gasteiger partial charge on any atom is -0.338 e. The van der Waals surface area contributed by atoms with Crippen molar-refractivity contribution < 1.29 is 9.59 Å². The van der Waals surface area contributed by atoms with Gasteiger partial charge in [0.2, 0.25) is 11.0 Å². The molecule has 0 aliphatic rings. The fraction of sp³-hybridized carbons (Fsp3) is 0.412. The van der Waals surface area contributed by atoms with Gasteiger partial charge in [-0.1, -0.05) is 54.5 Å². The molecule has 3 amide bonds. The van der Waals surface area contributed by atoms with Crippen LogP contribution >= 0.6 is 11.3 Å². The van der Waals surface area contributed by atoms with Crippen LogP contribution in [0.3, 0.4) is 0 Å². The maximum atomic E-state index is 12.2. The summed E-state index contributed by atoms with van der Waals surface area (Å²) in [5.74, 6) is -0.336. The molecule has 0 spiro atoms. The molecule has 2 aromatic rings. The average molecular weight is 361 g/mol. The van der Waals surface area contributed by atoms with Crippen molar-refractivity contribution in [2.75, 3.05) is 11.9 Å². The molecule has 0 radical (unpaired) electrons. The highest BCUT2D eigenvalue weighted by Gasteiger charge is 2.17. The number of urea groups is 1. The number of rotatable bonds is 7. The first kappa shape index (κ1) is 18.9. The van der Waals surface area contributed by atoms with E-state index in [9.17, 15) is 9.59 Å². The molecular formula is C17H23N5O2S. The van der Waals surface area contributed by atoms with Gasteiger partial charge in [0, 0.05) is 12.1 Å². The highest BCUT2D eigenvalue weighted by Crippen LogP contribution is 2.26. The van der Waals surface area contributed by atoms with Gasteiger partial charge < -0.3 is 10.6 Å². The predicted octanol–water partition coefficient (Wildman–Crippen LogP) is 2.94. The quantitative estimate of drug-likeness (QED) is 0.661. The molecule has 0 saturated carbocycles. The lowest BCUT2D eigenvalue weighted by atomic mass is 10.2. The zero-order valence-electron chi connectivity index (χ0n) is 14.6.